The molecule has 0 N–H and O–H groups in total. The Hall–Kier alpha value is -3.74. The fourth-order valence-corrected chi connectivity index (χ4v) is 8.50. The number of esters is 4. The molecule has 10 nitrogen and oxygen atoms in total. The zero-order valence-electron chi connectivity index (χ0n) is 25.2. The Kier molecular flexibility index (Phi) is 12.5. The lowest BCUT2D eigenvalue weighted by atomic mass is 9.69. The fraction of sp³-hybridized carbons (Fsp3) is 0.515. The highest BCUT2D eigenvalue weighted by Crippen LogP contribution is 2.59. The Morgan fingerprint density at radius 3 is 1.89 bits per heavy atom. The van der Waals surface area contributed by atoms with Crippen molar-refractivity contribution in [2.24, 2.45) is 23.7 Å². The van der Waals surface area contributed by atoms with Crippen LogP contribution < -0.4 is 9.47 Å². The van der Waals surface area contributed by atoms with Gasteiger partial charge in [0.2, 0.25) is 0 Å². The fourth-order valence-electron chi connectivity index (χ4n) is 6.03. The van der Waals surface area contributed by atoms with Gasteiger partial charge in [0, 0.05) is 13.0 Å². The van der Waals surface area contributed by atoms with Crippen molar-refractivity contribution in [3.8, 4) is 17.6 Å². The third-order valence-electron chi connectivity index (χ3n) is 8.38. The summed E-state index contributed by atoms with van der Waals surface area (Å²) in [6.07, 6.45) is 9.25. The van der Waals surface area contributed by atoms with Gasteiger partial charge in [0.15, 0.2) is 0 Å². The monoisotopic (exact) mass is 652 g/mol. The van der Waals surface area contributed by atoms with Gasteiger partial charge >= 0.3 is 23.9 Å². The van der Waals surface area contributed by atoms with Crippen LogP contribution in [0.15, 0.2) is 44.5 Å². The summed E-state index contributed by atoms with van der Waals surface area (Å²) in [6.45, 7) is 12.5. The van der Waals surface area contributed by atoms with Crippen molar-refractivity contribution in [3.05, 3.63) is 46.1 Å². The molecule has 2 aliphatic carbocycles. The van der Waals surface area contributed by atoms with Crippen LogP contribution in [0.3, 0.4) is 0 Å². The molecule has 0 unspecified atom stereocenters. The second kappa shape index (κ2) is 16.5. The first kappa shape index (κ1) is 34.1. The average Bonchev–Trinajstić information content (AvgIpc) is 3.50. The van der Waals surface area contributed by atoms with Crippen LogP contribution in [0, 0.1) is 41.6 Å². The maximum Gasteiger partial charge on any atom is 0.330 e. The Balaban J connectivity index is 1.23. The van der Waals surface area contributed by atoms with E-state index in [4.69, 9.17) is 25.5 Å². The van der Waals surface area contributed by atoms with E-state index in [1.54, 1.807) is 12.1 Å². The van der Waals surface area contributed by atoms with Crippen molar-refractivity contribution in [3.63, 3.8) is 0 Å². The SMILES string of the molecule is [C-]#[N+]/C(C#N)=C1/Sc2c(OC(C)=O)ccc(OC(=O)C3CCC(C4CCC(C(=O)OCCCCOC(=O)C=C)CC4)CC3)c2S1. The number of hydrogen-bond donors (Lipinski definition) is 0. The van der Waals surface area contributed by atoms with Crippen molar-refractivity contribution in [1.29, 1.82) is 5.26 Å². The van der Waals surface area contributed by atoms with Gasteiger partial charge in [-0.25, -0.2) is 14.9 Å². The lowest BCUT2D eigenvalue weighted by Crippen LogP contribution is -2.31. The van der Waals surface area contributed by atoms with E-state index in [-0.39, 0.29) is 36.1 Å². The van der Waals surface area contributed by atoms with Gasteiger partial charge in [-0.15, -0.1) is 0 Å². The summed E-state index contributed by atoms with van der Waals surface area (Å²) in [5.74, 6) is -0.0734. The van der Waals surface area contributed by atoms with Gasteiger partial charge in [-0.3, -0.25) is 14.4 Å². The zero-order valence-corrected chi connectivity index (χ0v) is 26.8. The minimum absolute atomic E-state index is 0.0720. The number of thioether (sulfide) groups is 2. The normalized spacial score (nSPS) is 23.4. The molecule has 12 heteroatoms. The maximum atomic E-state index is 13.2. The summed E-state index contributed by atoms with van der Waals surface area (Å²) in [4.78, 5) is 52.8. The van der Waals surface area contributed by atoms with E-state index in [0.29, 0.717) is 56.8 Å². The predicted molar refractivity (Wildman–Crippen MR) is 167 cm³/mol. The molecular formula is C33H36N2O8S2. The summed E-state index contributed by atoms with van der Waals surface area (Å²) in [5.41, 5.74) is -0.0720. The van der Waals surface area contributed by atoms with Gasteiger partial charge in [-0.1, -0.05) is 30.1 Å². The lowest BCUT2D eigenvalue weighted by Gasteiger charge is -2.36. The van der Waals surface area contributed by atoms with E-state index < -0.39 is 11.9 Å². The van der Waals surface area contributed by atoms with E-state index in [1.165, 1.54) is 18.7 Å². The summed E-state index contributed by atoms with van der Waals surface area (Å²) >= 11 is 2.32. The molecular weight excluding hydrogens is 617 g/mol. The standard InChI is InChI=1S/C33H36N2O8S2/c1-4-28(37)40-17-5-6-18-41-31(38)23-11-7-21(8-12-23)22-9-13-24(14-10-22)32(39)43-27-16-15-26(42-20(2)36)29-30(27)45-33(44-29)25(19-34)35-3/h4,15-16,21-24H,1,5-14,17-18H2,2H3/b33-25-. The molecule has 4 rings (SSSR count). The van der Waals surface area contributed by atoms with E-state index in [9.17, 15) is 24.4 Å². The second-order valence-electron chi connectivity index (χ2n) is 11.3. The molecule has 0 amide bonds. The largest absolute Gasteiger partial charge is 0.465 e. The molecule has 238 valence electrons. The second-order valence-corrected chi connectivity index (χ2v) is 13.6. The number of nitriles is 1. The number of ether oxygens (including phenoxy) is 4. The van der Waals surface area contributed by atoms with Crippen molar-refractivity contribution in [1.82, 2.24) is 0 Å². The smallest absolute Gasteiger partial charge is 0.330 e. The number of nitrogens with zero attached hydrogens (tertiary/aromatic N) is 2. The first-order valence-electron chi connectivity index (χ1n) is 15.1. The summed E-state index contributed by atoms with van der Waals surface area (Å²) < 4.78 is 22.0. The first-order valence-corrected chi connectivity index (χ1v) is 16.8. The molecule has 2 saturated carbocycles. The molecule has 1 heterocycles. The minimum Gasteiger partial charge on any atom is -0.465 e. The van der Waals surface area contributed by atoms with Crippen LogP contribution in [0.2, 0.25) is 0 Å². The molecule has 0 radical (unpaired) electrons. The zero-order chi connectivity index (χ0) is 32.3. The van der Waals surface area contributed by atoms with Gasteiger partial charge in [0.25, 0.3) is 5.70 Å². The highest BCUT2D eigenvalue weighted by molar-refractivity contribution is 8.24. The highest BCUT2D eigenvalue weighted by Gasteiger charge is 2.36. The average molecular weight is 653 g/mol. The Morgan fingerprint density at radius 1 is 0.889 bits per heavy atom. The molecule has 0 saturated heterocycles. The van der Waals surface area contributed by atoms with Gasteiger partial charge in [0.05, 0.1) is 51.7 Å². The molecule has 3 aliphatic rings. The van der Waals surface area contributed by atoms with Crippen molar-refractivity contribution in [2.45, 2.75) is 80.9 Å². The van der Waals surface area contributed by atoms with Crippen molar-refractivity contribution in [2.75, 3.05) is 13.2 Å². The third-order valence-corrected chi connectivity index (χ3v) is 11.0. The molecule has 45 heavy (non-hydrogen) atoms. The predicted octanol–water partition coefficient (Wildman–Crippen LogP) is 6.99. The van der Waals surface area contributed by atoms with Crippen molar-refractivity contribution >= 4 is 47.4 Å². The van der Waals surface area contributed by atoms with Gasteiger partial charge in [-0.05, 0) is 88.2 Å². The number of fused-ring (bicyclic) bond motifs is 1. The molecule has 0 bridgehead atoms. The van der Waals surface area contributed by atoms with Gasteiger partial charge in [-0.2, -0.15) is 0 Å². The van der Waals surface area contributed by atoms with Gasteiger partial charge in [0.1, 0.15) is 11.5 Å². The topological polar surface area (TPSA) is 133 Å². The van der Waals surface area contributed by atoms with Crippen LogP contribution >= 0.6 is 23.5 Å². The highest BCUT2D eigenvalue weighted by atomic mass is 32.2. The molecule has 1 aromatic rings. The van der Waals surface area contributed by atoms with Gasteiger partial charge < -0.3 is 18.9 Å². The van der Waals surface area contributed by atoms with Crippen molar-refractivity contribution < 1.29 is 38.1 Å². The van der Waals surface area contributed by atoms with Crippen LogP contribution in [0.4, 0.5) is 0 Å². The lowest BCUT2D eigenvalue weighted by molar-refractivity contribution is -0.151. The molecule has 2 fully saturated rings. The van der Waals surface area contributed by atoms with Crippen LogP contribution in [0.25, 0.3) is 4.85 Å². The number of unbranched alkanes of at least 4 members (excludes halogenated alkanes) is 1. The quantitative estimate of drug-likeness (QED) is 0.0611. The number of benzene rings is 1. The molecule has 1 aliphatic heterocycles. The summed E-state index contributed by atoms with van der Waals surface area (Å²) in [6, 6.07) is 5.04. The molecule has 0 aromatic heterocycles. The third kappa shape index (κ3) is 9.15. The summed E-state index contributed by atoms with van der Waals surface area (Å²) in [5, 5.41) is 9.34. The van der Waals surface area contributed by atoms with E-state index in [1.807, 2.05) is 6.07 Å². The Labute approximate surface area is 271 Å². The first-order chi connectivity index (χ1) is 21.7. The van der Waals surface area contributed by atoms with E-state index in [2.05, 4.69) is 11.4 Å². The van der Waals surface area contributed by atoms with Crippen LogP contribution in [-0.4, -0.2) is 37.1 Å². The molecule has 0 spiro atoms. The molecule has 0 atom stereocenters. The Morgan fingerprint density at radius 2 is 1.40 bits per heavy atom. The van der Waals surface area contributed by atoms with Crippen LogP contribution in [0.5, 0.6) is 11.5 Å². The molecule has 1 aromatic carbocycles. The number of rotatable bonds is 11. The Bertz CT molecular complexity index is 1410. The van der Waals surface area contributed by atoms with Crippen LogP contribution in [0.1, 0.15) is 71.1 Å². The number of allylic oxidation sites excluding steroid dienone is 1. The number of carbonyl (C=O) groups is 4. The minimum atomic E-state index is -0.502. The number of hydrogen-bond acceptors (Lipinski definition) is 11. The maximum absolute atomic E-state index is 13.2. The van der Waals surface area contributed by atoms with E-state index >= 15 is 0 Å². The summed E-state index contributed by atoms with van der Waals surface area (Å²) in [7, 11) is 0. The number of carbonyl (C=O) groups excluding carboxylic acids is 4. The van der Waals surface area contributed by atoms with Crippen LogP contribution in [-0.2, 0) is 28.7 Å². The van der Waals surface area contributed by atoms with E-state index in [0.717, 1.165) is 69.2 Å².